The highest BCUT2D eigenvalue weighted by Gasteiger charge is 2.14. The molecule has 1 aromatic carbocycles. The van der Waals surface area contributed by atoms with Gasteiger partial charge >= 0.3 is 0 Å². The quantitative estimate of drug-likeness (QED) is 0.781. The van der Waals surface area contributed by atoms with Crippen molar-refractivity contribution in [3.05, 3.63) is 18.2 Å². The topological polar surface area (TPSA) is 93.9 Å². The molecule has 0 bridgehead atoms. The highest BCUT2D eigenvalue weighted by Crippen LogP contribution is 2.32. The summed E-state index contributed by atoms with van der Waals surface area (Å²) in [5.74, 6) is 0.616. The second-order valence-electron chi connectivity index (χ2n) is 4.68. The van der Waals surface area contributed by atoms with Crippen LogP contribution >= 0.6 is 0 Å². The Morgan fingerprint density at radius 2 is 1.95 bits per heavy atom. The lowest BCUT2D eigenvalue weighted by molar-refractivity contribution is -0.121. The van der Waals surface area contributed by atoms with Crippen LogP contribution in [0.4, 0.5) is 5.69 Å². The molecular weight excluding hydrogens is 274 g/mol. The number of hydrogen-bond donors (Lipinski definition) is 2. The van der Waals surface area contributed by atoms with Crippen LogP contribution in [0.5, 0.6) is 11.5 Å². The van der Waals surface area contributed by atoms with Crippen molar-refractivity contribution in [2.75, 3.05) is 38.2 Å². The SMILES string of the molecule is CCN(CC(N)=O)CC(=O)Nc1ccc2c(c1)OCCO2. The number of rotatable bonds is 6. The third-order valence-corrected chi connectivity index (χ3v) is 3.02. The van der Waals surface area contributed by atoms with E-state index in [1.165, 1.54) is 0 Å². The lowest BCUT2D eigenvalue weighted by Crippen LogP contribution is -2.39. The third-order valence-electron chi connectivity index (χ3n) is 3.02. The molecule has 7 nitrogen and oxygen atoms in total. The number of likely N-dealkylation sites (N-methyl/N-ethyl adjacent to an activating group) is 1. The minimum Gasteiger partial charge on any atom is -0.486 e. The Hall–Kier alpha value is -2.28. The van der Waals surface area contributed by atoms with Crippen LogP contribution in [0.15, 0.2) is 18.2 Å². The molecule has 114 valence electrons. The van der Waals surface area contributed by atoms with Crippen molar-refractivity contribution in [3.8, 4) is 11.5 Å². The third kappa shape index (κ3) is 4.35. The second kappa shape index (κ2) is 6.94. The van der Waals surface area contributed by atoms with Crippen LogP contribution in [0.1, 0.15) is 6.92 Å². The zero-order chi connectivity index (χ0) is 15.2. The number of ether oxygens (including phenoxy) is 2. The maximum Gasteiger partial charge on any atom is 0.238 e. The van der Waals surface area contributed by atoms with Gasteiger partial charge < -0.3 is 20.5 Å². The number of nitrogens with zero attached hydrogens (tertiary/aromatic N) is 1. The van der Waals surface area contributed by atoms with Gasteiger partial charge in [0.1, 0.15) is 13.2 Å². The Balaban J connectivity index is 1.94. The summed E-state index contributed by atoms with van der Waals surface area (Å²) in [5, 5.41) is 2.76. The number of carbonyl (C=O) groups excluding carboxylic acids is 2. The van der Waals surface area contributed by atoms with E-state index in [9.17, 15) is 9.59 Å². The van der Waals surface area contributed by atoms with E-state index in [1.807, 2.05) is 6.92 Å². The van der Waals surface area contributed by atoms with Gasteiger partial charge in [0.15, 0.2) is 11.5 Å². The first kappa shape index (κ1) is 15.1. The van der Waals surface area contributed by atoms with Crippen LogP contribution in [-0.4, -0.2) is 49.6 Å². The maximum absolute atomic E-state index is 12.0. The largest absolute Gasteiger partial charge is 0.486 e. The summed E-state index contributed by atoms with van der Waals surface area (Å²) >= 11 is 0. The fourth-order valence-corrected chi connectivity index (χ4v) is 2.02. The molecule has 21 heavy (non-hydrogen) atoms. The van der Waals surface area contributed by atoms with Crippen molar-refractivity contribution in [3.63, 3.8) is 0 Å². The number of carbonyl (C=O) groups is 2. The Labute approximate surface area is 123 Å². The minimum absolute atomic E-state index is 0.0606. The predicted molar refractivity (Wildman–Crippen MR) is 77.4 cm³/mol. The van der Waals surface area contributed by atoms with Crippen LogP contribution in [-0.2, 0) is 9.59 Å². The van der Waals surface area contributed by atoms with Crippen molar-refractivity contribution in [1.29, 1.82) is 0 Å². The Morgan fingerprint density at radius 3 is 2.62 bits per heavy atom. The van der Waals surface area contributed by atoms with Gasteiger partial charge in [0.25, 0.3) is 0 Å². The lowest BCUT2D eigenvalue weighted by Gasteiger charge is -2.20. The second-order valence-corrected chi connectivity index (χ2v) is 4.68. The summed E-state index contributed by atoms with van der Waals surface area (Å²) in [6, 6.07) is 5.22. The van der Waals surface area contributed by atoms with Crippen molar-refractivity contribution in [1.82, 2.24) is 4.90 Å². The number of amides is 2. The van der Waals surface area contributed by atoms with E-state index in [2.05, 4.69) is 5.32 Å². The first-order valence-corrected chi connectivity index (χ1v) is 6.78. The van der Waals surface area contributed by atoms with E-state index in [1.54, 1.807) is 23.1 Å². The van der Waals surface area contributed by atoms with Crippen molar-refractivity contribution in [2.24, 2.45) is 5.73 Å². The minimum atomic E-state index is -0.455. The molecule has 0 atom stereocenters. The molecule has 2 rings (SSSR count). The molecule has 2 amide bonds. The summed E-state index contributed by atoms with van der Waals surface area (Å²) in [7, 11) is 0. The van der Waals surface area contributed by atoms with Crippen LogP contribution < -0.4 is 20.5 Å². The van der Waals surface area contributed by atoms with Crippen LogP contribution in [0.2, 0.25) is 0 Å². The number of nitrogens with one attached hydrogen (secondary N) is 1. The van der Waals surface area contributed by atoms with Gasteiger partial charge in [0.05, 0.1) is 13.1 Å². The molecule has 0 radical (unpaired) electrons. The van der Waals surface area contributed by atoms with Gasteiger partial charge in [-0.05, 0) is 18.7 Å². The van der Waals surface area contributed by atoms with Gasteiger partial charge in [0, 0.05) is 11.8 Å². The van der Waals surface area contributed by atoms with Gasteiger partial charge in [-0.25, -0.2) is 0 Å². The fraction of sp³-hybridized carbons (Fsp3) is 0.429. The number of anilines is 1. The molecule has 1 aliphatic rings. The molecule has 0 aliphatic carbocycles. The Morgan fingerprint density at radius 1 is 1.24 bits per heavy atom. The summed E-state index contributed by atoms with van der Waals surface area (Å²) in [4.78, 5) is 24.5. The van der Waals surface area contributed by atoms with E-state index in [0.29, 0.717) is 36.9 Å². The average Bonchev–Trinajstić information content (AvgIpc) is 2.45. The fourth-order valence-electron chi connectivity index (χ4n) is 2.02. The smallest absolute Gasteiger partial charge is 0.238 e. The first-order valence-electron chi connectivity index (χ1n) is 6.78. The molecule has 1 aliphatic heterocycles. The van der Waals surface area contributed by atoms with Crippen LogP contribution in [0.3, 0.4) is 0 Å². The highest BCUT2D eigenvalue weighted by molar-refractivity contribution is 5.93. The summed E-state index contributed by atoms with van der Waals surface area (Å²) in [6.07, 6.45) is 0. The summed E-state index contributed by atoms with van der Waals surface area (Å²) < 4.78 is 10.9. The number of hydrogen-bond acceptors (Lipinski definition) is 5. The van der Waals surface area contributed by atoms with E-state index < -0.39 is 5.91 Å². The number of nitrogens with two attached hydrogens (primary N) is 1. The molecule has 3 N–H and O–H groups in total. The maximum atomic E-state index is 12.0. The number of fused-ring (bicyclic) bond motifs is 1. The van der Waals surface area contributed by atoms with E-state index in [0.717, 1.165) is 0 Å². The molecule has 0 saturated carbocycles. The number of primary amides is 1. The zero-order valence-corrected chi connectivity index (χ0v) is 11.9. The van der Waals surface area contributed by atoms with Crippen LogP contribution in [0.25, 0.3) is 0 Å². The Kier molecular flexibility index (Phi) is 4.99. The normalized spacial score (nSPS) is 13.0. The van der Waals surface area contributed by atoms with Gasteiger partial charge in [-0.3, -0.25) is 14.5 Å². The highest BCUT2D eigenvalue weighted by atomic mass is 16.6. The van der Waals surface area contributed by atoms with Gasteiger partial charge in [-0.2, -0.15) is 0 Å². The summed E-state index contributed by atoms with van der Waals surface area (Å²) in [6.45, 7) is 3.61. The van der Waals surface area contributed by atoms with E-state index >= 15 is 0 Å². The van der Waals surface area contributed by atoms with E-state index in [-0.39, 0.29) is 19.0 Å². The molecular formula is C14H19N3O4. The van der Waals surface area contributed by atoms with Crippen molar-refractivity contribution < 1.29 is 19.1 Å². The molecule has 0 unspecified atom stereocenters. The molecule has 1 heterocycles. The molecule has 1 aromatic rings. The van der Waals surface area contributed by atoms with Crippen LogP contribution in [0, 0.1) is 0 Å². The Bertz CT molecular complexity index is 533. The molecule has 0 saturated heterocycles. The van der Waals surface area contributed by atoms with Gasteiger partial charge in [0.2, 0.25) is 11.8 Å². The average molecular weight is 293 g/mol. The van der Waals surface area contributed by atoms with Crippen molar-refractivity contribution in [2.45, 2.75) is 6.92 Å². The van der Waals surface area contributed by atoms with Gasteiger partial charge in [-0.15, -0.1) is 0 Å². The molecule has 0 spiro atoms. The lowest BCUT2D eigenvalue weighted by atomic mass is 10.2. The number of benzene rings is 1. The standard InChI is InChI=1S/C14H19N3O4/c1-2-17(8-13(15)18)9-14(19)16-10-3-4-11-12(7-10)21-6-5-20-11/h3-4,7H,2,5-6,8-9H2,1H3,(H2,15,18)(H,16,19). The predicted octanol–water partition coefficient (Wildman–Crippen LogP) is 0.203. The molecule has 0 aromatic heterocycles. The molecule has 7 heteroatoms. The zero-order valence-electron chi connectivity index (χ0n) is 11.9. The molecule has 0 fully saturated rings. The van der Waals surface area contributed by atoms with Gasteiger partial charge in [-0.1, -0.05) is 6.92 Å². The first-order chi connectivity index (χ1) is 10.1. The van der Waals surface area contributed by atoms with Crippen molar-refractivity contribution >= 4 is 17.5 Å². The monoisotopic (exact) mass is 293 g/mol. The summed E-state index contributed by atoms with van der Waals surface area (Å²) in [5.41, 5.74) is 5.76. The van der Waals surface area contributed by atoms with E-state index in [4.69, 9.17) is 15.2 Å².